The Labute approximate surface area is 217 Å². The fraction of sp³-hybridized carbons (Fsp3) is 0.500. The Morgan fingerprint density at radius 3 is 2.08 bits per heavy atom. The van der Waals surface area contributed by atoms with E-state index < -0.39 is 35.8 Å². The van der Waals surface area contributed by atoms with E-state index in [0.29, 0.717) is 18.7 Å². The molecule has 0 bridgehead atoms. The number of amides is 2. The summed E-state index contributed by atoms with van der Waals surface area (Å²) in [7, 11) is 0. The molecule has 2 rings (SSSR count). The Balaban J connectivity index is 2.29. The first kappa shape index (κ1) is 30.3. The van der Waals surface area contributed by atoms with Gasteiger partial charge in [-0.1, -0.05) is 13.8 Å². The number of aryl methyl sites for hydroxylation is 1. The summed E-state index contributed by atoms with van der Waals surface area (Å²) in [5, 5.41) is 25.9. The SMILES string of the molecule is CCCN(CCC)C(=O)c1cc(C)cc(C(=O)N[C@@H](Cc2cc(F)cc(F)c2)[C@H](O)CNCC(C)O)c1. The van der Waals surface area contributed by atoms with Gasteiger partial charge in [0.15, 0.2) is 0 Å². The fourth-order valence-corrected chi connectivity index (χ4v) is 4.18. The third-order valence-electron chi connectivity index (χ3n) is 5.81. The molecule has 3 atom stereocenters. The highest BCUT2D eigenvalue weighted by atomic mass is 19.1. The number of hydrogen-bond acceptors (Lipinski definition) is 5. The maximum absolute atomic E-state index is 13.8. The Kier molecular flexibility index (Phi) is 12.1. The first-order chi connectivity index (χ1) is 17.5. The third kappa shape index (κ3) is 9.83. The van der Waals surface area contributed by atoms with Crippen LogP contribution in [-0.2, 0) is 6.42 Å². The molecule has 0 aliphatic carbocycles. The monoisotopic (exact) mass is 519 g/mol. The number of nitrogens with one attached hydrogen (secondary N) is 2. The van der Waals surface area contributed by atoms with Gasteiger partial charge in [0, 0.05) is 43.4 Å². The molecule has 0 fully saturated rings. The summed E-state index contributed by atoms with van der Waals surface area (Å²) in [5.74, 6) is -2.19. The number of aliphatic hydroxyl groups is 2. The van der Waals surface area contributed by atoms with Crippen molar-refractivity contribution in [1.29, 1.82) is 0 Å². The van der Waals surface area contributed by atoms with Crippen molar-refractivity contribution in [2.24, 2.45) is 0 Å². The maximum Gasteiger partial charge on any atom is 0.253 e. The van der Waals surface area contributed by atoms with Crippen molar-refractivity contribution in [1.82, 2.24) is 15.5 Å². The lowest BCUT2D eigenvalue weighted by atomic mass is 9.99. The van der Waals surface area contributed by atoms with E-state index in [1.54, 1.807) is 30.9 Å². The minimum atomic E-state index is -1.12. The van der Waals surface area contributed by atoms with Crippen LogP contribution in [0.1, 0.15) is 65.5 Å². The Bertz CT molecular complexity index is 1020. The minimum absolute atomic E-state index is 0.0314. The summed E-state index contributed by atoms with van der Waals surface area (Å²) in [6.07, 6.45) is -0.163. The number of hydrogen-bond donors (Lipinski definition) is 4. The van der Waals surface area contributed by atoms with E-state index >= 15 is 0 Å². The summed E-state index contributed by atoms with van der Waals surface area (Å²) in [4.78, 5) is 28.1. The molecule has 0 aliphatic heterocycles. The predicted molar refractivity (Wildman–Crippen MR) is 140 cm³/mol. The Morgan fingerprint density at radius 1 is 0.919 bits per heavy atom. The van der Waals surface area contributed by atoms with E-state index in [2.05, 4.69) is 10.6 Å². The van der Waals surface area contributed by atoms with Gasteiger partial charge in [-0.25, -0.2) is 8.78 Å². The molecule has 7 nitrogen and oxygen atoms in total. The quantitative estimate of drug-likeness (QED) is 0.307. The molecule has 0 radical (unpaired) electrons. The molecule has 0 saturated carbocycles. The van der Waals surface area contributed by atoms with Crippen molar-refractivity contribution < 1.29 is 28.6 Å². The molecule has 4 N–H and O–H groups in total. The summed E-state index contributed by atoms with van der Waals surface area (Å²) in [6.45, 7) is 8.86. The first-order valence-electron chi connectivity index (χ1n) is 12.8. The molecule has 2 aromatic carbocycles. The number of benzene rings is 2. The van der Waals surface area contributed by atoms with Crippen LogP contribution in [0.3, 0.4) is 0 Å². The number of rotatable bonds is 14. The van der Waals surface area contributed by atoms with Crippen LogP contribution in [-0.4, -0.2) is 71.4 Å². The van der Waals surface area contributed by atoms with E-state index in [0.717, 1.165) is 36.6 Å². The van der Waals surface area contributed by atoms with Crippen LogP contribution in [0.15, 0.2) is 36.4 Å². The predicted octanol–water partition coefficient (Wildman–Crippen LogP) is 3.21. The average molecular weight is 520 g/mol. The standard InChI is InChI=1S/C28H39F2N3O4/c1-5-7-33(8-6-2)28(37)22-10-18(3)9-21(14-22)27(36)32-25(26(35)17-31-16-19(4)34)13-20-11-23(29)15-24(30)12-20/h9-12,14-15,19,25-26,31,34-35H,5-8,13,16-17H2,1-4H3,(H,32,36)/t19?,25-,26+/m0/s1. The summed E-state index contributed by atoms with van der Waals surface area (Å²) in [6, 6.07) is 7.07. The van der Waals surface area contributed by atoms with Gasteiger partial charge in [-0.15, -0.1) is 0 Å². The van der Waals surface area contributed by atoms with Gasteiger partial charge in [0.05, 0.1) is 18.2 Å². The molecule has 37 heavy (non-hydrogen) atoms. The molecule has 0 saturated heterocycles. The topological polar surface area (TPSA) is 102 Å². The molecular weight excluding hydrogens is 480 g/mol. The normalized spacial score (nSPS) is 13.6. The highest BCUT2D eigenvalue weighted by Crippen LogP contribution is 2.16. The molecule has 2 aromatic rings. The molecule has 0 spiro atoms. The van der Waals surface area contributed by atoms with E-state index in [1.165, 1.54) is 6.07 Å². The minimum Gasteiger partial charge on any atom is -0.392 e. The molecule has 0 aliphatic rings. The molecule has 0 heterocycles. The number of carbonyl (C=O) groups is 2. The van der Waals surface area contributed by atoms with Crippen LogP contribution in [0.2, 0.25) is 0 Å². The van der Waals surface area contributed by atoms with Crippen LogP contribution in [0.4, 0.5) is 8.78 Å². The average Bonchev–Trinajstić information content (AvgIpc) is 2.81. The van der Waals surface area contributed by atoms with E-state index in [1.807, 2.05) is 13.8 Å². The van der Waals surface area contributed by atoms with Gasteiger partial charge in [-0.3, -0.25) is 9.59 Å². The van der Waals surface area contributed by atoms with Gasteiger partial charge in [0.25, 0.3) is 11.8 Å². The molecule has 204 valence electrons. The summed E-state index contributed by atoms with van der Waals surface area (Å²) >= 11 is 0. The smallest absolute Gasteiger partial charge is 0.253 e. The summed E-state index contributed by atoms with van der Waals surface area (Å²) in [5.41, 5.74) is 1.64. The van der Waals surface area contributed by atoms with Gasteiger partial charge in [-0.2, -0.15) is 0 Å². The van der Waals surface area contributed by atoms with E-state index in [-0.39, 0.29) is 36.5 Å². The molecular formula is C28H39F2N3O4. The lowest BCUT2D eigenvalue weighted by molar-refractivity contribution is 0.0755. The largest absolute Gasteiger partial charge is 0.392 e. The number of carbonyl (C=O) groups excluding carboxylic acids is 2. The Hall–Kier alpha value is -2.88. The van der Waals surface area contributed by atoms with Crippen molar-refractivity contribution in [3.05, 3.63) is 70.3 Å². The zero-order valence-electron chi connectivity index (χ0n) is 22.1. The molecule has 9 heteroatoms. The van der Waals surface area contributed by atoms with Crippen molar-refractivity contribution in [2.75, 3.05) is 26.2 Å². The summed E-state index contributed by atoms with van der Waals surface area (Å²) < 4.78 is 27.5. The van der Waals surface area contributed by atoms with Gasteiger partial charge >= 0.3 is 0 Å². The number of halogens is 2. The third-order valence-corrected chi connectivity index (χ3v) is 5.81. The lowest BCUT2D eigenvalue weighted by Crippen LogP contribution is -2.49. The van der Waals surface area contributed by atoms with Gasteiger partial charge in [0.2, 0.25) is 0 Å². The van der Waals surface area contributed by atoms with Gasteiger partial charge in [0.1, 0.15) is 11.6 Å². The van der Waals surface area contributed by atoms with Crippen LogP contribution >= 0.6 is 0 Å². The zero-order valence-corrected chi connectivity index (χ0v) is 22.1. The maximum atomic E-state index is 13.8. The van der Waals surface area contributed by atoms with E-state index in [4.69, 9.17) is 0 Å². The van der Waals surface area contributed by atoms with E-state index in [9.17, 15) is 28.6 Å². The second kappa shape index (κ2) is 14.8. The van der Waals surface area contributed by atoms with Crippen LogP contribution < -0.4 is 10.6 Å². The second-order valence-electron chi connectivity index (χ2n) is 9.52. The van der Waals surface area contributed by atoms with Crippen molar-refractivity contribution in [2.45, 2.75) is 65.2 Å². The number of nitrogens with zero attached hydrogens (tertiary/aromatic N) is 1. The molecule has 1 unspecified atom stereocenters. The van der Waals surface area contributed by atoms with Crippen LogP contribution in [0.25, 0.3) is 0 Å². The van der Waals surface area contributed by atoms with Crippen molar-refractivity contribution in [3.8, 4) is 0 Å². The second-order valence-corrected chi connectivity index (χ2v) is 9.52. The lowest BCUT2D eigenvalue weighted by Gasteiger charge is -2.26. The highest BCUT2D eigenvalue weighted by Gasteiger charge is 2.24. The number of aliphatic hydroxyl groups excluding tert-OH is 2. The van der Waals surface area contributed by atoms with Gasteiger partial charge < -0.3 is 25.7 Å². The fourth-order valence-electron chi connectivity index (χ4n) is 4.18. The highest BCUT2D eigenvalue weighted by molar-refractivity contribution is 6.00. The Morgan fingerprint density at radius 2 is 1.51 bits per heavy atom. The van der Waals surface area contributed by atoms with Crippen molar-refractivity contribution >= 4 is 11.8 Å². The van der Waals surface area contributed by atoms with Gasteiger partial charge in [-0.05, 0) is 74.6 Å². The molecule has 0 aromatic heterocycles. The van der Waals surface area contributed by atoms with Crippen molar-refractivity contribution in [3.63, 3.8) is 0 Å². The van der Waals surface area contributed by atoms with Crippen LogP contribution in [0.5, 0.6) is 0 Å². The van der Waals surface area contributed by atoms with Crippen LogP contribution in [0, 0.1) is 18.6 Å². The zero-order chi connectivity index (χ0) is 27.5. The molecule has 2 amide bonds. The first-order valence-corrected chi connectivity index (χ1v) is 12.8.